The number of benzene rings is 2. The van der Waals surface area contributed by atoms with Crippen molar-refractivity contribution in [3.8, 4) is 0 Å². The van der Waals surface area contributed by atoms with Crippen LogP contribution in [0.3, 0.4) is 0 Å². The first-order valence-corrected chi connectivity index (χ1v) is 6.75. The summed E-state index contributed by atoms with van der Waals surface area (Å²) in [4.78, 5) is 11.3. The van der Waals surface area contributed by atoms with E-state index in [1.165, 1.54) is 19.2 Å². The van der Waals surface area contributed by atoms with Gasteiger partial charge in [-0.05, 0) is 48.0 Å². The normalized spacial score (nSPS) is 10.2. The number of methoxy groups -OCH3 is 1. The van der Waals surface area contributed by atoms with Gasteiger partial charge in [0.1, 0.15) is 5.82 Å². The summed E-state index contributed by atoms with van der Waals surface area (Å²) < 4.78 is 18.6. The van der Waals surface area contributed by atoms with Crippen molar-refractivity contribution in [2.75, 3.05) is 12.4 Å². The molecule has 0 saturated carbocycles. The first-order chi connectivity index (χ1) is 9.60. The van der Waals surface area contributed by atoms with E-state index in [2.05, 4.69) is 26.0 Å². The topological polar surface area (TPSA) is 38.3 Å². The number of hydrogen-bond acceptors (Lipinski definition) is 3. The quantitative estimate of drug-likeness (QED) is 0.857. The molecular formula is C15H13BrFNO2. The second-order valence-corrected chi connectivity index (χ2v) is 5.01. The van der Waals surface area contributed by atoms with E-state index in [9.17, 15) is 9.18 Å². The number of carbonyl (C=O) groups is 1. The van der Waals surface area contributed by atoms with Gasteiger partial charge in [-0.25, -0.2) is 9.18 Å². The largest absolute Gasteiger partial charge is 0.465 e. The molecule has 0 amide bonds. The fourth-order valence-electron chi connectivity index (χ4n) is 1.72. The minimum Gasteiger partial charge on any atom is -0.465 e. The molecule has 2 rings (SSSR count). The third kappa shape index (κ3) is 3.57. The lowest BCUT2D eigenvalue weighted by Crippen LogP contribution is -2.03. The molecule has 0 bridgehead atoms. The Labute approximate surface area is 124 Å². The molecule has 20 heavy (non-hydrogen) atoms. The number of carbonyl (C=O) groups excluding carboxylic acids is 1. The third-order valence-electron chi connectivity index (χ3n) is 2.80. The van der Waals surface area contributed by atoms with Gasteiger partial charge < -0.3 is 10.1 Å². The highest BCUT2D eigenvalue weighted by Gasteiger charge is 2.05. The highest BCUT2D eigenvalue weighted by atomic mass is 79.9. The van der Waals surface area contributed by atoms with Gasteiger partial charge in [0.25, 0.3) is 0 Å². The first-order valence-electron chi connectivity index (χ1n) is 5.96. The van der Waals surface area contributed by atoms with E-state index in [-0.39, 0.29) is 11.8 Å². The van der Waals surface area contributed by atoms with Gasteiger partial charge in [-0.15, -0.1) is 0 Å². The van der Waals surface area contributed by atoms with Crippen LogP contribution < -0.4 is 5.32 Å². The highest BCUT2D eigenvalue weighted by Crippen LogP contribution is 2.19. The van der Waals surface area contributed by atoms with Gasteiger partial charge >= 0.3 is 5.97 Å². The van der Waals surface area contributed by atoms with Crippen LogP contribution in [0.15, 0.2) is 46.9 Å². The van der Waals surface area contributed by atoms with Crippen LogP contribution in [-0.4, -0.2) is 13.1 Å². The molecule has 0 heterocycles. The maximum atomic E-state index is 13.2. The Hall–Kier alpha value is -1.88. The fourth-order valence-corrected chi connectivity index (χ4v) is 2.10. The molecule has 5 heteroatoms. The molecule has 104 valence electrons. The lowest BCUT2D eigenvalue weighted by molar-refractivity contribution is 0.0601. The van der Waals surface area contributed by atoms with E-state index in [0.717, 1.165) is 15.7 Å². The van der Waals surface area contributed by atoms with Gasteiger partial charge in [0.2, 0.25) is 0 Å². The van der Waals surface area contributed by atoms with Crippen LogP contribution in [0, 0.1) is 5.82 Å². The predicted molar refractivity (Wildman–Crippen MR) is 79.2 cm³/mol. The van der Waals surface area contributed by atoms with E-state index in [4.69, 9.17) is 0 Å². The number of anilines is 1. The molecule has 3 nitrogen and oxygen atoms in total. The zero-order chi connectivity index (χ0) is 14.5. The molecule has 0 aromatic heterocycles. The van der Waals surface area contributed by atoms with Crippen LogP contribution in [0.4, 0.5) is 10.1 Å². The summed E-state index contributed by atoms with van der Waals surface area (Å²) in [5.74, 6) is -0.643. The van der Waals surface area contributed by atoms with Crippen molar-refractivity contribution in [2.45, 2.75) is 6.54 Å². The summed E-state index contributed by atoms with van der Waals surface area (Å²) in [7, 11) is 1.34. The van der Waals surface area contributed by atoms with Crippen molar-refractivity contribution in [1.29, 1.82) is 0 Å². The van der Waals surface area contributed by atoms with E-state index < -0.39 is 0 Å². The van der Waals surface area contributed by atoms with Gasteiger partial charge in [0, 0.05) is 16.7 Å². The summed E-state index contributed by atoms with van der Waals surface area (Å²) in [5.41, 5.74) is 2.15. The van der Waals surface area contributed by atoms with E-state index in [1.54, 1.807) is 30.3 Å². The van der Waals surface area contributed by atoms with Gasteiger partial charge in [-0.3, -0.25) is 0 Å². The molecule has 0 aliphatic heterocycles. The zero-order valence-corrected chi connectivity index (χ0v) is 12.4. The van der Waals surface area contributed by atoms with Crippen LogP contribution in [0.5, 0.6) is 0 Å². The first kappa shape index (κ1) is 14.5. The monoisotopic (exact) mass is 337 g/mol. The smallest absolute Gasteiger partial charge is 0.337 e. The van der Waals surface area contributed by atoms with E-state index in [0.29, 0.717) is 12.1 Å². The summed E-state index contributed by atoms with van der Waals surface area (Å²) in [6.45, 7) is 0.482. The Bertz CT molecular complexity index is 614. The zero-order valence-electron chi connectivity index (χ0n) is 10.8. The summed E-state index contributed by atoms with van der Waals surface area (Å²) in [5, 5.41) is 3.16. The van der Waals surface area contributed by atoms with Crippen molar-refractivity contribution in [3.05, 3.63) is 63.9 Å². The Morgan fingerprint density at radius 2 is 1.95 bits per heavy atom. The Morgan fingerprint density at radius 3 is 2.60 bits per heavy atom. The van der Waals surface area contributed by atoms with Gasteiger partial charge in [0.05, 0.1) is 12.7 Å². The number of esters is 1. The van der Waals surface area contributed by atoms with Crippen molar-refractivity contribution >= 4 is 27.6 Å². The number of rotatable bonds is 4. The molecule has 0 spiro atoms. The van der Waals surface area contributed by atoms with E-state index in [1.807, 2.05) is 0 Å². The van der Waals surface area contributed by atoms with Gasteiger partial charge in [-0.1, -0.05) is 15.9 Å². The molecule has 0 atom stereocenters. The van der Waals surface area contributed by atoms with Crippen molar-refractivity contribution in [2.24, 2.45) is 0 Å². The molecule has 0 unspecified atom stereocenters. The van der Waals surface area contributed by atoms with Crippen molar-refractivity contribution in [1.82, 2.24) is 0 Å². The van der Waals surface area contributed by atoms with Crippen LogP contribution in [-0.2, 0) is 11.3 Å². The standard InChI is InChI=1S/C15H13BrFNO2/c1-20-15(19)10-2-5-13(6-3-10)18-9-11-8-12(17)4-7-14(11)16/h2-8,18H,9H2,1H3. The molecule has 2 aromatic rings. The lowest BCUT2D eigenvalue weighted by Gasteiger charge is -2.09. The highest BCUT2D eigenvalue weighted by molar-refractivity contribution is 9.10. The number of nitrogens with one attached hydrogen (secondary N) is 1. The summed E-state index contributed by atoms with van der Waals surface area (Å²) >= 11 is 3.38. The molecule has 0 aliphatic carbocycles. The second kappa shape index (κ2) is 6.52. The molecule has 2 aromatic carbocycles. The van der Waals surface area contributed by atoms with Crippen LogP contribution >= 0.6 is 15.9 Å². The van der Waals surface area contributed by atoms with E-state index >= 15 is 0 Å². The number of halogens is 2. The summed E-state index contributed by atoms with van der Waals surface area (Å²) in [6.07, 6.45) is 0. The van der Waals surface area contributed by atoms with Gasteiger partial charge in [-0.2, -0.15) is 0 Å². The average molecular weight is 338 g/mol. The molecule has 0 saturated heterocycles. The van der Waals surface area contributed by atoms with Gasteiger partial charge in [0.15, 0.2) is 0 Å². The molecule has 0 radical (unpaired) electrons. The van der Waals surface area contributed by atoms with Crippen molar-refractivity contribution < 1.29 is 13.9 Å². The third-order valence-corrected chi connectivity index (χ3v) is 3.57. The lowest BCUT2D eigenvalue weighted by atomic mass is 10.2. The van der Waals surface area contributed by atoms with Crippen LogP contribution in [0.1, 0.15) is 15.9 Å². The molecule has 1 N–H and O–H groups in total. The molecular weight excluding hydrogens is 325 g/mol. The summed E-state index contributed by atoms with van der Waals surface area (Å²) in [6, 6.07) is 11.5. The Kier molecular flexibility index (Phi) is 4.74. The Morgan fingerprint density at radius 1 is 1.25 bits per heavy atom. The minimum absolute atomic E-state index is 0.272. The average Bonchev–Trinajstić information content (AvgIpc) is 2.48. The SMILES string of the molecule is COC(=O)c1ccc(NCc2cc(F)ccc2Br)cc1. The number of hydrogen-bond donors (Lipinski definition) is 1. The predicted octanol–water partition coefficient (Wildman–Crippen LogP) is 3.99. The maximum absolute atomic E-state index is 13.2. The number of ether oxygens (including phenoxy) is 1. The van der Waals surface area contributed by atoms with Crippen LogP contribution in [0.2, 0.25) is 0 Å². The molecule has 0 fully saturated rings. The fraction of sp³-hybridized carbons (Fsp3) is 0.133. The second-order valence-electron chi connectivity index (χ2n) is 4.16. The van der Waals surface area contributed by atoms with Crippen LogP contribution in [0.25, 0.3) is 0 Å². The Balaban J connectivity index is 2.04. The maximum Gasteiger partial charge on any atom is 0.337 e. The molecule has 0 aliphatic rings. The van der Waals surface area contributed by atoms with Crippen molar-refractivity contribution in [3.63, 3.8) is 0 Å². The minimum atomic E-state index is -0.371.